The minimum atomic E-state index is 0.531. The molecule has 1 N–H and O–H groups in total. The molecule has 0 bridgehead atoms. The molecule has 2 heteroatoms. The molecular weight excluding hydrogens is 333 g/mol. The van der Waals surface area contributed by atoms with E-state index >= 15 is 0 Å². The summed E-state index contributed by atoms with van der Waals surface area (Å²) in [4.78, 5) is 0. The highest BCUT2D eigenvalue weighted by molar-refractivity contribution is 14.1. The van der Waals surface area contributed by atoms with E-state index in [1.165, 1.54) is 54.1 Å². The van der Waals surface area contributed by atoms with E-state index in [9.17, 15) is 0 Å². The van der Waals surface area contributed by atoms with Gasteiger partial charge in [0.25, 0.3) is 0 Å². The Morgan fingerprint density at radius 1 is 1.17 bits per heavy atom. The van der Waals surface area contributed by atoms with E-state index in [4.69, 9.17) is 0 Å². The third-order valence-electron chi connectivity index (χ3n) is 4.21. The van der Waals surface area contributed by atoms with Gasteiger partial charge < -0.3 is 5.32 Å². The van der Waals surface area contributed by atoms with Gasteiger partial charge in [-0.25, -0.2) is 0 Å². The van der Waals surface area contributed by atoms with E-state index in [0.717, 1.165) is 5.92 Å². The molecule has 1 unspecified atom stereocenters. The summed E-state index contributed by atoms with van der Waals surface area (Å²) in [5.74, 6) is 0.985. The summed E-state index contributed by atoms with van der Waals surface area (Å²) in [7, 11) is 2.09. The summed E-state index contributed by atoms with van der Waals surface area (Å²) >= 11 is 2.37. The lowest BCUT2D eigenvalue weighted by Gasteiger charge is -2.24. The molecule has 0 amide bonds. The molecule has 1 aliphatic rings. The molecule has 1 aromatic carbocycles. The highest BCUT2D eigenvalue weighted by Crippen LogP contribution is 2.30. The van der Waals surface area contributed by atoms with Crippen molar-refractivity contribution in [3.8, 4) is 0 Å². The van der Waals surface area contributed by atoms with E-state index in [1.807, 2.05) is 0 Å². The van der Waals surface area contributed by atoms with Crippen LogP contribution in [-0.4, -0.2) is 7.05 Å². The normalized spacial score (nSPS) is 18.8. The summed E-state index contributed by atoms with van der Waals surface area (Å²) in [5, 5.41) is 3.47. The van der Waals surface area contributed by atoms with Gasteiger partial charge in [-0.15, -0.1) is 0 Å². The molecule has 0 saturated heterocycles. The van der Waals surface area contributed by atoms with Gasteiger partial charge in [-0.3, -0.25) is 0 Å². The number of benzene rings is 1. The highest BCUT2D eigenvalue weighted by Gasteiger charge is 2.16. The summed E-state index contributed by atoms with van der Waals surface area (Å²) in [5.41, 5.74) is 1.44. The van der Waals surface area contributed by atoms with Crippen molar-refractivity contribution in [3.05, 3.63) is 33.4 Å². The third-order valence-corrected chi connectivity index (χ3v) is 4.93. The first-order chi connectivity index (χ1) is 8.79. The van der Waals surface area contributed by atoms with Gasteiger partial charge >= 0.3 is 0 Å². The minimum absolute atomic E-state index is 0.531. The lowest BCUT2D eigenvalue weighted by atomic mass is 9.84. The second-order valence-electron chi connectivity index (χ2n) is 5.47. The van der Waals surface area contributed by atoms with Crippen molar-refractivity contribution in [3.63, 3.8) is 0 Å². The molecule has 0 heterocycles. The molecule has 0 aromatic heterocycles. The average Bonchev–Trinajstić information content (AvgIpc) is 2.42. The Hall–Kier alpha value is -0.0900. The van der Waals surface area contributed by atoms with Crippen LogP contribution in [0.4, 0.5) is 0 Å². The summed E-state index contributed by atoms with van der Waals surface area (Å²) in [6.45, 7) is 0. The second-order valence-corrected chi connectivity index (χ2v) is 6.72. The van der Waals surface area contributed by atoms with Crippen molar-refractivity contribution in [2.24, 2.45) is 5.92 Å². The Balaban J connectivity index is 1.86. The van der Waals surface area contributed by atoms with E-state index < -0.39 is 0 Å². The first kappa shape index (κ1) is 14.3. The van der Waals surface area contributed by atoms with Gasteiger partial charge in [0.1, 0.15) is 0 Å². The fourth-order valence-electron chi connectivity index (χ4n) is 3.05. The van der Waals surface area contributed by atoms with Crippen LogP contribution in [0.25, 0.3) is 0 Å². The number of rotatable bonds is 5. The monoisotopic (exact) mass is 357 g/mol. The fourth-order valence-corrected chi connectivity index (χ4v) is 3.41. The van der Waals surface area contributed by atoms with Gasteiger partial charge in [0.05, 0.1) is 0 Å². The van der Waals surface area contributed by atoms with Crippen molar-refractivity contribution in [2.45, 2.75) is 51.0 Å². The number of hydrogen-bond acceptors (Lipinski definition) is 1. The van der Waals surface area contributed by atoms with Crippen LogP contribution in [0.5, 0.6) is 0 Å². The van der Waals surface area contributed by atoms with Crippen molar-refractivity contribution in [1.29, 1.82) is 0 Å². The van der Waals surface area contributed by atoms with E-state index in [1.54, 1.807) is 0 Å². The predicted octanol–water partition coefficient (Wildman–Crippen LogP) is 4.91. The lowest BCUT2D eigenvalue weighted by molar-refractivity contribution is 0.317. The van der Waals surface area contributed by atoms with Gasteiger partial charge in [0.2, 0.25) is 0 Å². The van der Waals surface area contributed by atoms with Gasteiger partial charge in [-0.05, 0) is 66.1 Å². The Kier molecular flexibility index (Phi) is 5.96. The topological polar surface area (TPSA) is 12.0 Å². The molecule has 1 fully saturated rings. The average molecular weight is 357 g/mol. The molecule has 0 radical (unpaired) electrons. The van der Waals surface area contributed by atoms with E-state index in [-0.39, 0.29) is 0 Å². The molecule has 18 heavy (non-hydrogen) atoms. The van der Waals surface area contributed by atoms with Crippen LogP contribution in [0.15, 0.2) is 24.3 Å². The largest absolute Gasteiger partial charge is 0.313 e. The Bertz CT molecular complexity index is 341. The maximum atomic E-state index is 3.47. The van der Waals surface area contributed by atoms with Crippen molar-refractivity contribution < 1.29 is 0 Å². The summed E-state index contributed by atoms with van der Waals surface area (Å²) in [6.07, 6.45) is 9.96. The standard InChI is InChI=1S/C16H24IN/c1-18-16(14-8-10-15(17)11-9-14)12-7-13-5-3-2-4-6-13/h8-11,13,16,18H,2-7,12H2,1H3. The van der Waals surface area contributed by atoms with Crippen LogP contribution in [-0.2, 0) is 0 Å². The molecule has 1 saturated carbocycles. The van der Waals surface area contributed by atoms with Crippen LogP contribution >= 0.6 is 22.6 Å². The molecular formula is C16H24IN. The van der Waals surface area contributed by atoms with E-state index in [2.05, 4.69) is 59.2 Å². The Morgan fingerprint density at radius 3 is 2.44 bits per heavy atom. The number of nitrogens with one attached hydrogen (secondary N) is 1. The van der Waals surface area contributed by atoms with Crippen molar-refractivity contribution in [1.82, 2.24) is 5.32 Å². The maximum absolute atomic E-state index is 3.47. The smallest absolute Gasteiger partial charge is 0.0317 e. The Morgan fingerprint density at radius 2 is 1.83 bits per heavy atom. The van der Waals surface area contributed by atoms with Crippen molar-refractivity contribution in [2.75, 3.05) is 7.05 Å². The zero-order valence-corrected chi connectivity index (χ0v) is 13.4. The van der Waals surface area contributed by atoms with E-state index in [0.29, 0.717) is 6.04 Å². The van der Waals surface area contributed by atoms with Gasteiger partial charge in [0.15, 0.2) is 0 Å². The quantitative estimate of drug-likeness (QED) is 0.738. The lowest BCUT2D eigenvalue weighted by Crippen LogP contribution is -2.18. The van der Waals surface area contributed by atoms with Gasteiger partial charge in [-0.1, -0.05) is 44.2 Å². The Labute approximate surface area is 125 Å². The molecule has 1 nitrogen and oxygen atoms in total. The van der Waals surface area contributed by atoms with Gasteiger partial charge in [0, 0.05) is 9.61 Å². The first-order valence-corrected chi connectivity index (χ1v) is 8.30. The molecule has 0 aliphatic heterocycles. The summed E-state index contributed by atoms with van der Waals surface area (Å²) < 4.78 is 1.32. The van der Waals surface area contributed by atoms with Crippen LogP contribution < -0.4 is 5.32 Å². The zero-order chi connectivity index (χ0) is 12.8. The van der Waals surface area contributed by atoms with Crippen LogP contribution in [0, 0.1) is 9.49 Å². The predicted molar refractivity (Wildman–Crippen MR) is 86.8 cm³/mol. The molecule has 1 aliphatic carbocycles. The van der Waals surface area contributed by atoms with Crippen molar-refractivity contribution >= 4 is 22.6 Å². The number of halogens is 1. The number of hydrogen-bond donors (Lipinski definition) is 1. The summed E-state index contributed by atoms with van der Waals surface area (Å²) in [6, 6.07) is 9.49. The zero-order valence-electron chi connectivity index (χ0n) is 11.3. The molecule has 100 valence electrons. The van der Waals surface area contributed by atoms with Crippen LogP contribution in [0.3, 0.4) is 0 Å². The molecule has 1 atom stereocenters. The molecule has 1 aromatic rings. The van der Waals surface area contributed by atoms with Crippen LogP contribution in [0.1, 0.15) is 56.6 Å². The fraction of sp³-hybridized carbons (Fsp3) is 0.625. The molecule has 0 spiro atoms. The third kappa shape index (κ3) is 4.23. The minimum Gasteiger partial charge on any atom is -0.313 e. The first-order valence-electron chi connectivity index (χ1n) is 7.22. The molecule has 2 rings (SSSR count). The van der Waals surface area contributed by atoms with Gasteiger partial charge in [-0.2, -0.15) is 0 Å². The van der Waals surface area contributed by atoms with Crippen LogP contribution in [0.2, 0.25) is 0 Å². The second kappa shape index (κ2) is 7.49. The SMILES string of the molecule is CNC(CCC1CCCCC1)c1ccc(I)cc1. The maximum Gasteiger partial charge on any atom is 0.0317 e. The highest BCUT2D eigenvalue weighted by atomic mass is 127.